The van der Waals surface area contributed by atoms with E-state index in [0.29, 0.717) is 0 Å². The maximum atomic E-state index is 12.5. The number of hydrogen-bond acceptors (Lipinski definition) is 3. The Labute approximate surface area is 106 Å². The van der Waals surface area contributed by atoms with Gasteiger partial charge in [0.15, 0.2) is 0 Å². The first-order valence-corrected chi connectivity index (χ1v) is 6.71. The van der Waals surface area contributed by atoms with Gasteiger partial charge in [-0.15, -0.1) is 0 Å². The molecule has 1 aromatic rings. The minimum absolute atomic E-state index is 0.0409. The second-order valence-corrected chi connectivity index (χ2v) is 5.24. The Hall–Kier alpha value is -1.36. The molecule has 3 heterocycles. The number of carbonyl (C=O) groups excluding carboxylic acids is 1. The molecule has 1 fully saturated rings. The minimum atomic E-state index is 0.0409. The monoisotopic (exact) mass is 249 g/mol. The highest BCUT2D eigenvalue weighted by atomic mass is 16.3. The molecule has 1 N–H and O–H groups in total. The summed E-state index contributed by atoms with van der Waals surface area (Å²) >= 11 is 0. The Morgan fingerprint density at radius 2 is 2.33 bits per heavy atom. The van der Waals surface area contributed by atoms with Crippen LogP contribution in [-0.2, 0) is 17.8 Å². The van der Waals surface area contributed by atoms with Crippen LogP contribution >= 0.6 is 0 Å². The largest absolute Gasteiger partial charge is 0.394 e. The lowest BCUT2D eigenvalue weighted by molar-refractivity contribution is -0.137. The second kappa shape index (κ2) is 4.72. The molecule has 2 aliphatic heterocycles. The molecule has 0 spiro atoms. The Bertz CT molecular complexity index is 443. The van der Waals surface area contributed by atoms with E-state index in [-0.39, 0.29) is 24.5 Å². The van der Waals surface area contributed by atoms with E-state index in [4.69, 9.17) is 0 Å². The average Bonchev–Trinajstić information content (AvgIpc) is 3.05. The summed E-state index contributed by atoms with van der Waals surface area (Å²) in [6, 6.07) is 0.0409. The third kappa shape index (κ3) is 1.92. The molecule has 0 aliphatic carbocycles. The SMILES string of the molecule is O=C(C1CCn2ccnc2C1)N1CCCC1CO. The number of carbonyl (C=O) groups is 1. The molecule has 2 aliphatic rings. The summed E-state index contributed by atoms with van der Waals surface area (Å²) < 4.78 is 2.12. The smallest absolute Gasteiger partial charge is 0.226 e. The van der Waals surface area contributed by atoms with Gasteiger partial charge in [0.25, 0.3) is 0 Å². The molecular weight excluding hydrogens is 230 g/mol. The summed E-state index contributed by atoms with van der Waals surface area (Å²) in [7, 11) is 0. The second-order valence-electron chi connectivity index (χ2n) is 5.24. The van der Waals surface area contributed by atoms with Crippen molar-refractivity contribution in [1.29, 1.82) is 0 Å². The Morgan fingerprint density at radius 3 is 3.17 bits per heavy atom. The van der Waals surface area contributed by atoms with Gasteiger partial charge in [0.05, 0.1) is 12.6 Å². The summed E-state index contributed by atoms with van der Waals surface area (Å²) in [5, 5.41) is 9.30. The highest BCUT2D eigenvalue weighted by molar-refractivity contribution is 5.79. The van der Waals surface area contributed by atoms with Gasteiger partial charge in [-0.3, -0.25) is 4.79 Å². The van der Waals surface area contributed by atoms with E-state index in [1.54, 1.807) is 6.20 Å². The van der Waals surface area contributed by atoms with Crippen molar-refractivity contribution in [2.75, 3.05) is 13.2 Å². The maximum absolute atomic E-state index is 12.5. The number of amides is 1. The van der Waals surface area contributed by atoms with Crippen LogP contribution in [0, 0.1) is 5.92 Å². The zero-order valence-electron chi connectivity index (χ0n) is 10.5. The Balaban J connectivity index is 1.71. The lowest BCUT2D eigenvalue weighted by Crippen LogP contribution is -2.43. The standard InChI is InChI=1S/C13H19N3O2/c17-9-11-2-1-5-16(11)13(18)10-3-6-15-7-4-14-12(15)8-10/h4,7,10-11,17H,1-3,5-6,8-9H2. The van der Waals surface area contributed by atoms with Gasteiger partial charge in [0, 0.05) is 37.8 Å². The first kappa shape index (κ1) is 11.7. The van der Waals surface area contributed by atoms with E-state index in [1.807, 2.05) is 11.1 Å². The van der Waals surface area contributed by atoms with E-state index < -0.39 is 0 Å². The zero-order valence-corrected chi connectivity index (χ0v) is 10.5. The normalized spacial score (nSPS) is 27.3. The number of likely N-dealkylation sites (tertiary alicyclic amines) is 1. The number of aryl methyl sites for hydroxylation is 1. The number of hydrogen-bond donors (Lipinski definition) is 1. The van der Waals surface area contributed by atoms with Gasteiger partial charge >= 0.3 is 0 Å². The number of aliphatic hydroxyl groups excluding tert-OH is 1. The van der Waals surface area contributed by atoms with E-state index in [1.165, 1.54) is 0 Å². The van der Waals surface area contributed by atoms with Crippen LogP contribution in [0.3, 0.4) is 0 Å². The Kier molecular flexibility index (Phi) is 3.07. The van der Waals surface area contributed by atoms with Gasteiger partial charge < -0.3 is 14.6 Å². The molecule has 0 saturated carbocycles. The fourth-order valence-electron chi connectivity index (χ4n) is 3.11. The number of imidazole rings is 1. The quantitative estimate of drug-likeness (QED) is 0.827. The summed E-state index contributed by atoms with van der Waals surface area (Å²) in [4.78, 5) is 18.7. The molecule has 1 amide bonds. The molecule has 1 aromatic heterocycles. The molecule has 98 valence electrons. The molecule has 0 radical (unpaired) electrons. The van der Waals surface area contributed by atoms with Crippen molar-refractivity contribution in [1.82, 2.24) is 14.5 Å². The zero-order chi connectivity index (χ0) is 12.5. The summed E-state index contributed by atoms with van der Waals surface area (Å²) in [5.41, 5.74) is 0. The van der Waals surface area contributed by atoms with Crippen LogP contribution in [0.5, 0.6) is 0 Å². The van der Waals surface area contributed by atoms with E-state index in [2.05, 4.69) is 9.55 Å². The molecule has 5 nitrogen and oxygen atoms in total. The topological polar surface area (TPSA) is 58.4 Å². The van der Waals surface area contributed by atoms with Crippen LogP contribution in [0.25, 0.3) is 0 Å². The molecule has 1 saturated heterocycles. The third-order valence-electron chi connectivity index (χ3n) is 4.17. The number of aliphatic hydroxyl groups is 1. The maximum Gasteiger partial charge on any atom is 0.226 e. The van der Waals surface area contributed by atoms with Gasteiger partial charge in [0.1, 0.15) is 5.82 Å². The number of aromatic nitrogens is 2. The van der Waals surface area contributed by atoms with Crippen LogP contribution in [0.15, 0.2) is 12.4 Å². The van der Waals surface area contributed by atoms with Crippen molar-refractivity contribution < 1.29 is 9.90 Å². The van der Waals surface area contributed by atoms with Crippen LogP contribution in [-0.4, -0.2) is 44.7 Å². The molecule has 2 unspecified atom stereocenters. The molecule has 0 bridgehead atoms. The number of fused-ring (bicyclic) bond motifs is 1. The molecule has 0 aromatic carbocycles. The van der Waals surface area contributed by atoms with Crippen molar-refractivity contribution in [3.63, 3.8) is 0 Å². The predicted octanol–water partition coefficient (Wildman–Crippen LogP) is 0.429. The van der Waals surface area contributed by atoms with Crippen LogP contribution < -0.4 is 0 Å². The lowest BCUT2D eigenvalue weighted by atomic mass is 9.96. The minimum Gasteiger partial charge on any atom is -0.394 e. The summed E-state index contributed by atoms with van der Waals surface area (Å²) in [5.74, 6) is 1.27. The molecule has 2 atom stereocenters. The van der Waals surface area contributed by atoms with Crippen molar-refractivity contribution in [2.45, 2.75) is 38.3 Å². The lowest BCUT2D eigenvalue weighted by Gasteiger charge is -2.30. The number of rotatable bonds is 2. The first-order valence-electron chi connectivity index (χ1n) is 6.71. The van der Waals surface area contributed by atoms with E-state index >= 15 is 0 Å². The fourth-order valence-corrected chi connectivity index (χ4v) is 3.11. The Morgan fingerprint density at radius 1 is 1.44 bits per heavy atom. The number of nitrogens with zero attached hydrogens (tertiary/aromatic N) is 3. The van der Waals surface area contributed by atoms with Crippen molar-refractivity contribution in [3.05, 3.63) is 18.2 Å². The first-order chi connectivity index (χ1) is 8.79. The summed E-state index contributed by atoms with van der Waals surface area (Å²) in [6.07, 6.45) is 7.34. The van der Waals surface area contributed by atoms with Gasteiger partial charge in [-0.05, 0) is 19.3 Å². The fraction of sp³-hybridized carbons (Fsp3) is 0.692. The third-order valence-corrected chi connectivity index (χ3v) is 4.17. The van der Waals surface area contributed by atoms with Crippen LogP contribution in [0.2, 0.25) is 0 Å². The van der Waals surface area contributed by atoms with Gasteiger partial charge in [-0.1, -0.05) is 0 Å². The molecule has 18 heavy (non-hydrogen) atoms. The van der Waals surface area contributed by atoms with Crippen molar-refractivity contribution in [3.8, 4) is 0 Å². The average molecular weight is 249 g/mol. The molecule has 3 rings (SSSR count). The highest BCUT2D eigenvalue weighted by Crippen LogP contribution is 2.25. The van der Waals surface area contributed by atoms with Gasteiger partial charge in [-0.25, -0.2) is 4.98 Å². The van der Waals surface area contributed by atoms with Crippen LogP contribution in [0.4, 0.5) is 0 Å². The van der Waals surface area contributed by atoms with Gasteiger partial charge in [-0.2, -0.15) is 0 Å². The van der Waals surface area contributed by atoms with Gasteiger partial charge in [0.2, 0.25) is 5.91 Å². The van der Waals surface area contributed by atoms with Crippen molar-refractivity contribution in [2.24, 2.45) is 5.92 Å². The predicted molar refractivity (Wildman–Crippen MR) is 65.9 cm³/mol. The summed E-state index contributed by atoms with van der Waals surface area (Å²) in [6.45, 7) is 1.77. The van der Waals surface area contributed by atoms with E-state index in [0.717, 1.165) is 44.6 Å². The molecule has 5 heteroatoms. The van der Waals surface area contributed by atoms with E-state index in [9.17, 15) is 9.90 Å². The van der Waals surface area contributed by atoms with Crippen molar-refractivity contribution >= 4 is 5.91 Å². The molecular formula is C13H19N3O2. The van der Waals surface area contributed by atoms with Crippen LogP contribution in [0.1, 0.15) is 25.1 Å². The highest BCUT2D eigenvalue weighted by Gasteiger charge is 2.34.